The average Bonchev–Trinajstić information content (AvgIpc) is 2.40. The van der Waals surface area contributed by atoms with Crippen LogP contribution in [0.3, 0.4) is 0 Å². The molecule has 0 bridgehead atoms. The average molecular weight is 255 g/mol. The van der Waals surface area contributed by atoms with Crippen molar-refractivity contribution in [2.75, 3.05) is 52.5 Å². The number of piperidine rings is 1. The maximum absolute atomic E-state index is 11.9. The fourth-order valence-corrected chi connectivity index (χ4v) is 2.47. The van der Waals surface area contributed by atoms with E-state index in [0.717, 1.165) is 71.2 Å². The number of hydrogen-bond donors (Lipinski definition) is 1. The SMILES string of the molecule is CC1CCN(C(=O)NCCN2CCOCC2)CC1. The zero-order chi connectivity index (χ0) is 12.8. The molecule has 2 heterocycles. The topological polar surface area (TPSA) is 44.8 Å². The molecule has 2 rings (SSSR count). The van der Waals surface area contributed by atoms with Crippen molar-refractivity contribution in [2.45, 2.75) is 19.8 Å². The molecule has 0 aromatic rings. The third-order valence-electron chi connectivity index (χ3n) is 3.88. The second-order valence-electron chi connectivity index (χ2n) is 5.36. The number of nitrogens with one attached hydrogen (secondary N) is 1. The molecule has 0 aliphatic carbocycles. The lowest BCUT2D eigenvalue weighted by Crippen LogP contribution is -2.47. The van der Waals surface area contributed by atoms with E-state index in [2.05, 4.69) is 17.1 Å². The Labute approximate surface area is 109 Å². The first-order valence-electron chi connectivity index (χ1n) is 7.08. The zero-order valence-electron chi connectivity index (χ0n) is 11.4. The number of nitrogens with zero attached hydrogens (tertiary/aromatic N) is 2. The van der Waals surface area contributed by atoms with Crippen LogP contribution >= 0.6 is 0 Å². The van der Waals surface area contributed by atoms with Crippen LogP contribution in [0.1, 0.15) is 19.8 Å². The molecule has 0 radical (unpaired) electrons. The van der Waals surface area contributed by atoms with Crippen LogP contribution in [0.15, 0.2) is 0 Å². The number of ether oxygens (including phenoxy) is 1. The number of carbonyl (C=O) groups is 1. The van der Waals surface area contributed by atoms with Gasteiger partial charge in [0.25, 0.3) is 0 Å². The van der Waals surface area contributed by atoms with Crippen molar-refractivity contribution in [1.82, 2.24) is 15.1 Å². The van der Waals surface area contributed by atoms with Gasteiger partial charge in [-0.15, -0.1) is 0 Å². The van der Waals surface area contributed by atoms with Crippen LogP contribution in [0.4, 0.5) is 4.79 Å². The molecule has 18 heavy (non-hydrogen) atoms. The lowest BCUT2D eigenvalue weighted by molar-refractivity contribution is 0.0385. The zero-order valence-corrected chi connectivity index (χ0v) is 11.4. The first kappa shape index (κ1) is 13.6. The van der Waals surface area contributed by atoms with E-state index in [1.165, 1.54) is 0 Å². The molecular weight excluding hydrogens is 230 g/mol. The number of carbonyl (C=O) groups excluding carboxylic acids is 1. The standard InChI is InChI=1S/C13H25N3O2/c1-12-2-5-16(6-3-12)13(17)14-4-7-15-8-10-18-11-9-15/h12H,2-11H2,1H3,(H,14,17). The molecule has 0 saturated carbocycles. The van der Waals surface area contributed by atoms with E-state index in [4.69, 9.17) is 4.74 Å². The summed E-state index contributed by atoms with van der Waals surface area (Å²) in [5.41, 5.74) is 0. The van der Waals surface area contributed by atoms with E-state index in [9.17, 15) is 4.79 Å². The van der Waals surface area contributed by atoms with E-state index in [0.29, 0.717) is 0 Å². The van der Waals surface area contributed by atoms with Crippen molar-refractivity contribution < 1.29 is 9.53 Å². The Morgan fingerprint density at radius 1 is 1.22 bits per heavy atom. The molecule has 0 aromatic carbocycles. The second-order valence-corrected chi connectivity index (χ2v) is 5.36. The van der Waals surface area contributed by atoms with Crippen LogP contribution in [0.2, 0.25) is 0 Å². The van der Waals surface area contributed by atoms with Crippen LogP contribution in [-0.4, -0.2) is 68.3 Å². The minimum Gasteiger partial charge on any atom is -0.379 e. The van der Waals surface area contributed by atoms with Gasteiger partial charge in [0.15, 0.2) is 0 Å². The summed E-state index contributed by atoms with van der Waals surface area (Å²) in [4.78, 5) is 16.2. The molecule has 0 spiro atoms. The minimum atomic E-state index is 0.107. The highest BCUT2D eigenvalue weighted by atomic mass is 16.5. The second kappa shape index (κ2) is 6.95. The van der Waals surface area contributed by atoms with E-state index < -0.39 is 0 Å². The van der Waals surface area contributed by atoms with Gasteiger partial charge in [-0.1, -0.05) is 6.92 Å². The summed E-state index contributed by atoms with van der Waals surface area (Å²) in [6.07, 6.45) is 2.27. The smallest absolute Gasteiger partial charge is 0.317 e. The van der Waals surface area contributed by atoms with Gasteiger partial charge in [0.05, 0.1) is 13.2 Å². The number of hydrogen-bond acceptors (Lipinski definition) is 3. The predicted molar refractivity (Wildman–Crippen MR) is 70.6 cm³/mol. The first-order valence-corrected chi connectivity index (χ1v) is 7.08. The summed E-state index contributed by atoms with van der Waals surface area (Å²) in [6, 6.07) is 0.107. The Balaban J connectivity index is 1.59. The fraction of sp³-hybridized carbons (Fsp3) is 0.923. The summed E-state index contributed by atoms with van der Waals surface area (Å²) in [5.74, 6) is 0.766. The highest BCUT2D eigenvalue weighted by molar-refractivity contribution is 5.74. The van der Waals surface area contributed by atoms with Gasteiger partial charge in [-0.2, -0.15) is 0 Å². The van der Waals surface area contributed by atoms with E-state index in [-0.39, 0.29) is 6.03 Å². The highest BCUT2D eigenvalue weighted by Gasteiger charge is 2.20. The fourth-order valence-electron chi connectivity index (χ4n) is 2.47. The Hall–Kier alpha value is -0.810. The van der Waals surface area contributed by atoms with Gasteiger partial charge in [-0.05, 0) is 18.8 Å². The monoisotopic (exact) mass is 255 g/mol. The van der Waals surface area contributed by atoms with Gasteiger partial charge in [-0.25, -0.2) is 4.79 Å². The van der Waals surface area contributed by atoms with Crippen molar-refractivity contribution in [3.8, 4) is 0 Å². The number of urea groups is 1. The molecule has 104 valence electrons. The van der Waals surface area contributed by atoms with Gasteiger partial charge < -0.3 is 15.0 Å². The molecular formula is C13H25N3O2. The summed E-state index contributed by atoms with van der Waals surface area (Å²) in [5, 5.41) is 3.02. The minimum absolute atomic E-state index is 0.107. The maximum atomic E-state index is 11.9. The Morgan fingerprint density at radius 2 is 1.89 bits per heavy atom. The van der Waals surface area contributed by atoms with Gasteiger partial charge in [0.2, 0.25) is 0 Å². The van der Waals surface area contributed by atoms with Gasteiger partial charge in [0, 0.05) is 39.3 Å². The molecule has 0 aromatic heterocycles. The molecule has 2 saturated heterocycles. The molecule has 0 unspecified atom stereocenters. The maximum Gasteiger partial charge on any atom is 0.317 e. The molecule has 0 atom stereocenters. The van der Waals surface area contributed by atoms with Crippen LogP contribution in [0.25, 0.3) is 0 Å². The Bertz CT molecular complexity index is 259. The lowest BCUT2D eigenvalue weighted by atomic mass is 10.00. The van der Waals surface area contributed by atoms with Crippen molar-refractivity contribution in [1.29, 1.82) is 0 Å². The lowest BCUT2D eigenvalue weighted by Gasteiger charge is -2.31. The number of amides is 2. The van der Waals surface area contributed by atoms with E-state index in [1.807, 2.05) is 4.90 Å². The van der Waals surface area contributed by atoms with Gasteiger partial charge >= 0.3 is 6.03 Å². The quantitative estimate of drug-likeness (QED) is 0.810. The van der Waals surface area contributed by atoms with Crippen LogP contribution in [-0.2, 0) is 4.74 Å². The van der Waals surface area contributed by atoms with Crippen LogP contribution in [0, 0.1) is 5.92 Å². The Morgan fingerprint density at radius 3 is 2.56 bits per heavy atom. The van der Waals surface area contributed by atoms with E-state index >= 15 is 0 Å². The van der Waals surface area contributed by atoms with Crippen LogP contribution < -0.4 is 5.32 Å². The molecule has 2 aliphatic heterocycles. The van der Waals surface area contributed by atoms with Crippen LogP contribution in [0.5, 0.6) is 0 Å². The largest absolute Gasteiger partial charge is 0.379 e. The third kappa shape index (κ3) is 4.14. The number of morpholine rings is 1. The van der Waals surface area contributed by atoms with E-state index in [1.54, 1.807) is 0 Å². The normalized spacial score (nSPS) is 23.1. The molecule has 5 heteroatoms. The highest BCUT2D eigenvalue weighted by Crippen LogP contribution is 2.15. The third-order valence-corrected chi connectivity index (χ3v) is 3.88. The molecule has 1 N–H and O–H groups in total. The summed E-state index contributed by atoms with van der Waals surface area (Å²) in [7, 11) is 0. The predicted octanol–water partition coefficient (Wildman–Crippen LogP) is 0.760. The Kier molecular flexibility index (Phi) is 5.26. The molecule has 2 amide bonds. The molecule has 5 nitrogen and oxygen atoms in total. The van der Waals surface area contributed by atoms with Gasteiger partial charge in [-0.3, -0.25) is 4.90 Å². The number of likely N-dealkylation sites (tertiary alicyclic amines) is 1. The summed E-state index contributed by atoms with van der Waals surface area (Å²) < 4.78 is 5.30. The summed E-state index contributed by atoms with van der Waals surface area (Å²) in [6.45, 7) is 9.34. The molecule has 2 aliphatic rings. The summed E-state index contributed by atoms with van der Waals surface area (Å²) >= 11 is 0. The van der Waals surface area contributed by atoms with Gasteiger partial charge in [0.1, 0.15) is 0 Å². The first-order chi connectivity index (χ1) is 8.75. The van der Waals surface area contributed by atoms with Crippen molar-refractivity contribution in [3.63, 3.8) is 0 Å². The molecule has 2 fully saturated rings. The van der Waals surface area contributed by atoms with Crippen molar-refractivity contribution >= 4 is 6.03 Å². The number of rotatable bonds is 3. The van der Waals surface area contributed by atoms with Crippen molar-refractivity contribution in [2.24, 2.45) is 5.92 Å². The van der Waals surface area contributed by atoms with Crippen molar-refractivity contribution in [3.05, 3.63) is 0 Å².